The Bertz CT molecular complexity index is 898. The van der Waals surface area contributed by atoms with Crippen molar-refractivity contribution >= 4 is 16.8 Å². The Balaban J connectivity index is 1.75. The van der Waals surface area contributed by atoms with Gasteiger partial charge in [-0.25, -0.2) is 8.78 Å². The van der Waals surface area contributed by atoms with Gasteiger partial charge in [-0.3, -0.25) is 14.6 Å². The molecule has 3 atom stereocenters. The molecule has 4 heterocycles. The Labute approximate surface area is 133 Å². The van der Waals surface area contributed by atoms with Gasteiger partial charge in [0.15, 0.2) is 11.5 Å². The van der Waals surface area contributed by atoms with Crippen LogP contribution >= 0.6 is 0 Å². The summed E-state index contributed by atoms with van der Waals surface area (Å²) in [6, 6.07) is 2.73. The number of fused-ring (bicyclic) bond motifs is 2. The number of aromatic nitrogens is 2. The Hall–Kier alpha value is -2.39. The third-order valence-electron chi connectivity index (χ3n) is 4.34. The highest BCUT2D eigenvalue weighted by Gasteiger charge is 2.57. The number of H-pyrrole nitrogens is 1. The van der Waals surface area contributed by atoms with Gasteiger partial charge in [-0.15, -0.1) is 0 Å². The maximum Gasteiger partial charge on any atom is 0.299 e. The van der Waals surface area contributed by atoms with E-state index in [-0.39, 0.29) is 17.5 Å². The summed E-state index contributed by atoms with van der Waals surface area (Å²) in [6.45, 7) is -0.656. The maximum absolute atomic E-state index is 13.7. The van der Waals surface area contributed by atoms with Crippen LogP contribution in [0.1, 0.15) is 28.7 Å². The fourth-order valence-electron chi connectivity index (χ4n) is 3.26. The van der Waals surface area contributed by atoms with E-state index in [2.05, 4.69) is 9.97 Å². The summed E-state index contributed by atoms with van der Waals surface area (Å²) >= 11 is 0. The molecule has 0 radical (unpaired) electrons. The number of ether oxygens (including phenoxy) is 2. The van der Waals surface area contributed by atoms with Crippen molar-refractivity contribution in [1.82, 2.24) is 9.97 Å². The number of nitrogens with one attached hydrogen (secondary N) is 1. The number of rotatable bonds is 2. The Kier molecular flexibility index (Phi) is 3.19. The predicted octanol–water partition coefficient (Wildman–Crippen LogP) is 0.886. The second kappa shape index (κ2) is 5.05. The van der Waals surface area contributed by atoms with Crippen LogP contribution in [0.3, 0.4) is 0 Å². The van der Waals surface area contributed by atoms with Crippen molar-refractivity contribution in [2.24, 2.45) is 5.73 Å². The standard InChI is InChI=1S/C15H13F2N3O4/c16-15(17)5-23-10-4-9(24-13(10)15)7-3-8(21)11-6(20-7)1-2-19-12(11)14(18)22/h1-3,9-10,13H,4-5H2,(H2,18,22)(H,20,21)/t9-,10?,13?/m1/s1. The molecule has 4 rings (SSSR count). The molecular formula is C15H13F2N3O4. The second-order valence-corrected chi connectivity index (χ2v) is 5.93. The van der Waals surface area contributed by atoms with Gasteiger partial charge >= 0.3 is 0 Å². The van der Waals surface area contributed by atoms with Gasteiger partial charge in [0.1, 0.15) is 18.4 Å². The molecule has 2 aromatic rings. The van der Waals surface area contributed by atoms with E-state index in [1.165, 1.54) is 18.3 Å². The molecule has 24 heavy (non-hydrogen) atoms. The molecule has 9 heteroatoms. The summed E-state index contributed by atoms with van der Waals surface area (Å²) < 4.78 is 37.9. The van der Waals surface area contributed by atoms with Gasteiger partial charge in [0.05, 0.1) is 17.0 Å². The molecule has 0 aliphatic carbocycles. The Morgan fingerprint density at radius 3 is 2.96 bits per heavy atom. The lowest BCUT2D eigenvalue weighted by Crippen LogP contribution is -2.34. The summed E-state index contributed by atoms with van der Waals surface area (Å²) in [5.74, 6) is -3.86. The molecule has 126 valence electrons. The highest BCUT2D eigenvalue weighted by molar-refractivity contribution is 6.03. The van der Waals surface area contributed by atoms with Crippen LogP contribution in [0.2, 0.25) is 0 Å². The minimum atomic E-state index is -3.04. The number of nitrogens with zero attached hydrogens (tertiary/aromatic N) is 1. The molecule has 3 N–H and O–H groups in total. The first-order valence-corrected chi connectivity index (χ1v) is 7.33. The molecule has 0 bridgehead atoms. The first kappa shape index (κ1) is 15.2. The number of aromatic amines is 1. The van der Waals surface area contributed by atoms with E-state index in [1.807, 2.05) is 0 Å². The molecule has 1 amide bonds. The molecule has 2 unspecified atom stereocenters. The molecular weight excluding hydrogens is 324 g/mol. The monoisotopic (exact) mass is 337 g/mol. The zero-order valence-corrected chi connectivity index (χ0v) is 12.3. The van der Waals surface area contributed by atoms with Crippen LogP contribution < -0.4 is 11.2 Å². The Morgan fingerprint density at radius 1 is 1.46 bits per heavy atom. The lowest BCUT2D eigenvalue weighted by molar-refractivity contribution is -0.114. The van der Waals surface area contributed by atoms with Gasteiger partial charge < -0.3 is 20.2 Å². The number of pyridine rings is 2. The van der Waals surface area contributed by atoms with Gasteiger partial charge in [-0.2, -0.15) is 0 Å². The summed E-state index contributed by atoms with van der Waals surface area (Å²) in [5, 5.41) is 0.0634. The van der Waals surface area contributed by atoms with Gasteiger partial charge in [0.25, 0.3) is 11.8 Å². The fourth-order valence-corrected chi connectivity index (χ4v) is 3.26. The highest BCUT2D eigenvalue weighted by Crippen LogP contribution is 2.44. The van der Waals surface area contributed by atoms with E-state index >= 15 is 0 Å². The van der Waals surface area contributed by atoms with E-state index in [1.54, 1.807) is 0 Å². The molecule has 2 aliphatic rings. The number of carbonyl (C=O) groups excluding carboxylic acids is 1. The van der Waals surface area contributed by atoms with Crippen LogP contribution in [0.25, 0.3) is 10.9 Å². The summed E-state index contributed by atoms with van der Waals surface area (Å²) in [7, 11) is 0. The van der Waals surface area contributed by atoms with E-state index in [0.29, 0.717) is 11.2 Å². The fraction of sp³-hybridized carbons (Fsp3) is 0.400. The lowest BCUT2D eigenvalue weighted by Gasteiger charge is -2.18. The third kappa shape index (κ3) is 2.20. The lowest BCUT2D eigenvalue weighted by atomic mass is 10.1. The Morgan fingerprint density at radius 2 is 2.25 bits per heavy atom. The van der Waals surface area contributed by atoms with Gasteiger partial charge in [0, 0.05) is 24.4 Å². The molecule has 0 aromatic carbocycles. The highest BCUT2D eigenvalue weighted by atomic mass is 19.3. The molecule has 2 fully saturated rings. The number of carbonyl (C=O) groups is 1. The number of amides is 1. The number of hydrogen-bond donors (Lipinski definition) is 2. The number of nitrogens with two attached hydrogens (primary N) is 1. The quantitative estimate of drug-likeness (QED) is 0.846. The maximum atomic E-state index is 13.7. The summed E-state index contributed by atoms with van der Waals surface area (Å²) in [4.78, 5) is 30.5. The second-order valence-electron chi connectivity index (χ2n) is 5.93. The molecule has 0 saturated carbocycles. The largest absolute Gasteiger partial charge is 0.369 e. The van der Waals surface area contributed by atoms with E-state index in [9.17, 15) is 18.4 Å². The average Bonchev–Trinajstić information content (AvgIpc) is 3.07. The smallest absolute Gasteiger partial charge is 0.299 e. The van der Waals surface area contributed by atoms with Crippen molar-refractivity contribution in [2.45, 2.75) is 30.7 Å². The van der Waals surface area contributed by atoms with Crippen LogP contribution in [0, 0.1) is 0 Å². The SMILES string of the molecule is NC(=O)c1nccc2[nH]c([C@H]3CC4OCC(F)(F)C4O3)cc(=O)c12. The van der Waals surface area contributed by atoms with Crippen molar-refractivity contribution in [3.05, 3.63) is 39.9 Å². The van der Waals surface area contributed by atoms with Gasteiger partial charge in [0.2, 0.25) is 0 Å². The van der Waals surface area contributed by atoms with E-state index in [4.69, 9.17) is 15.2 Å². The molecule has 2 saturated heterocycles. The summed E-state index contributed by atoms with van der Waals surface area (Å²) in [5.41, 5.74) is 5.30. The third-order valence-corrected chi connectivity index (χ3v) is 4.34. The van der Waals surface area contributed by atoms with Crippen LogP contribution in [0.15, 0.2) is 23.1 Å². The topological polar surface area (TPSA) is 107 Å². The van der Waals surface area contributed by atoms with Crippen LogP contribution in [-0.4, -0.2) is 40.6 Å². The zero-order valence-electron chi connectivity index (χ0n) is 12.3. The number of primary amides is 1. The molecule has 7 nitrogen and oxygen atoms in total. The molecule has 0 spiro atoms. The zero-order chi connectivity index (χ0) is 17.1. The van der Waals surface area contributed by atoms with Crippen LogP contribution in [-0.2, 0) is 9.47 Å². The average molecular weight is 337 g/mol. The van der Waals surface area contributed by atoms with Crippen molar-refractivity contribution in [1.29, 1.82) is 0 Å². The van der Waals surface area contributed by atoms with Crippen LogP contribution in [0.5, 0.6) is 0 Å². The summed E-state index contributed by atoms with van der Waals surface area (Å²) in [6.07, 6.45) is -1.18. The number of halogens is 2. The van der Waals surface area contributed by atoms with Crippen molar-refractivity contribution in [3.8, 4) is 0 Å². The number of hydrogen-bond acceptors (Lipinski definition) is 5. The van der Waals surface area contributed by atoms with Crippen molar-refractivity contribution in [3.63, 3.8) is 0 Å². The normalized spacial score (nSPS) is 28.2. The molecule has 2 aliphatic heterocycles. The first-order chi connectivity index (χ1) is 11.4. The minimum Gasteiger partial charge on any atom is -0.369 e. The van der Waals surface area contributed by atoms with E-state index in [0.717, 1.165) is 0 Å². The predicted molar refractivity (Wildman–Crippen MR) is 77.8 cm³/mol. The van der Waals surface area contributed by atoms with Gasteiger partial charge in [-0.1, -0.05) is 0 Å². The first-order valence-electron chi connectivity index (χ1n) is 7.33. The van der Waals surface area contributed by atoms with Crippen LogP contribution in [0.4, 0.5) is 8.78 Å². The molecule has 2 aromatic heterocycles. The van der Waals surface area contributed by atoms with Gasteiger partial charge in [-0.05, 0) is 6.07 Å². The van der Waals surface area contributed by atoms with Crippen molar-refractivity contribution in [2.75, 3.05) is 6.61 Å². The van der Waals surface area contributed by atoms with E-state index < -0.39 is 42.2 Å². The number of alkyl halides is 2. The minimum absolute atomic E-state index is 0.0634. The van der Waals surface area contributed by atoms with Crippen molar-refractivity contribution < 1.29 is 23.0 Å².